The molecule has 33 heavy (non-hydrogen) atoms. The predicted molar refractivity (Wildman–Crippen MR) is 114 cm³/mol. The van der Waals surface area contributed by atoms with Crippen LogP contribution in [0.4, 0.5) is 18.9 Å². The molecule has 2 heterocycles. The molecule has 1 unspecified atom stereocenters. The second kappa shape index (κ2) is 9.06. The van der Waals surface area contributed by atoms with Gasteiger partial charge in [-0.05, 0) is 24.6 Å². The Morgan fingerprint density at radius 2 is 1.79 bits per heavy atom. The molecule has 1 atom stereocenters. The third kappa shape index (κ3) is 5.22. The molecule has 0 radical (unpaired) electrons. The molecule has 2 aromatic heterocycles. The van der Waals surface area contributed by atoms with E-state index in [-0.39, 0.29) is 22.6 Å². The molecule has 0 saturated heterocycles. The van der Waals surface area contributed by atoms with Crippen molar-refractivity contribution in [3.8, 4) is 22.7 Å². The van der Waals surface area contributed by atoms with E-state index in [1.54, 1.807) is 37.3 Å². The van der Waals surface area contributed by atoms with Gasteiger partial charge in [-0.1, -0.05) is 42.1 Å². The van der Waals surface area contributed by atoms with Crippen molar-refractivity contribution >= 4 is 17.4 Å². The maximum atomic E-state index is 13.3. The summed E-state index contributed by atoms with van der Waals surface area (Å²) in [7, 11) is 0. The minimum Gasteiger partial charge on any atom is -0.419 e. The van der Waals surface area contributed by atoms with E-state index in [9.17, 15) is 23.3 Å². The van der Waals surface area contributed by atoms with E-state index < -0.39 is 22.9 Å². The number of nitrogens with zero attached hydrogens (tertiary/aromatic N) is 5. The fourth-order valence-corrected chi connectivity index (χ4v) is 3.99. The monoisotopic (exact) mass is 475 g/mol. The van der Waals surface area contributed by atoms with Gasteiger partial charge in [-0.2, -0.15) is 13.2 Å². The van der Waals surface area contributed by atoms with Crippen LogP contribution in [0.25, 0.3) is 22.7 Å². The lowest BCUT2D eigenvalue weighted by Crippen LogP contribution is -2.19. The molecule has 0 aliphatic carbocycles. The van der Waals surface area contributed by atoms with Crippen LogP contribution in [0, 0.1) is 10.1 Å². The first-order valence-electron chi connectivity index (χ1n) is 9.64. The number of aromatic nitrogens is 4. The van der Waals surface area contributed by atoms with Crippen LogP contribution in [0.1, 0.15) is 18.1 Å². The van der Waals surface area contributed by atoms with Gasteiger partial charge in [0, 0.05) is 17.7 Å². The van der Waals surface area contributed by atoms with Crippen molar-refractivity contribution in [1.82, 2.24) is 19.7 Å². The van der Waals surface area contributed by atoms with E-state index in [2.05, 4.69) is 15.2 Å². The van der Waals surface area contributed by atoms with Crippen molar-refractivity contribution in [2.45, 2.75) is 30.1 Å². The van der Waals surface area contributed by atoms with Crippen LogP contribution in [0.3, 0.4) is 0 Å². The minimum atomic E-state index is -4.43. The summed E-state index contributed by atoms with van der Waals surface area (Å²) in [5, 5.41) is 18.4. The van der Waals surface area contributed by atoms with E-state index in [1.165, 1.54) is 30.5 Å². The number of nitro groups is 1. The normalized spacial score (nSPS) is 12.6. The molecule has 2 aromatic carbocycles. The van der Waals surface area contributed by atoms with Crippen LogP contribution in [-0.2, 0) is 6.54 Å². The number of non-ortho nitro benzene ring substituents is 1. The molecule has 0 fully saturated rings. The SMILES string of the molecule is CC(Sc1ncc(-c2ccccc2)n1CC(F)(F)F)c1nnc(-c2ccc([N+](=O)[O-])cc2)o1. The van der Waals surface area contributed by atoms with Gasteiger partial charge in [0.25, 0.3) is 5.69 Å². The molecule has 12 heteroatoms. The second-order valence-electron chi connectivity index (χ2n) is 7.00. The van der Waals surface area contributed by atoms with Crippen LogP contribution in [0.5, 0.6) is 0 Å². The smallest absolute Gasteiger partial charge is 0.406 e. The highest BCUT2D eigenvalue weighted by Crippen LogP contribution is 2.37. The van der Waals surface area contributed by atoms with Gasteiger partial charge in [-0.25, -0.2) is 4.98 Å². The summed E-state index contributed by atoms with van der Waals surface area (Å²) in [4.78, 5) is 14.5. The topological polar surface area (TPSA) is 99.9 Å². The number of imidazole rings is 1. The highest BCUT2D eigenvalue weighted by Gasteiger charge is 2.31. The Hall–Kier alpha value is -3.67. The minimum absolute atomic E-state index is 0.0758. The van der Waals surface area contributed by atoms with Crippen LogP contribution < -0.4 is 0 Å². The molecule has 0 aliphatic heterocycles. The van der Waals surface area contributed by atoms with Crippen molar-refractivity contribution in [3.05, 3.63) is 76.8 Å². The summed E-state index contributed by atoms with van der Waals surface area (Å²) in [5.41, 5.74) is 1.38. The third-order valence-corrected chi connectivity index (χ3v) is 5.71. The molecule has 0 spiro atoms. The Kier molecular flexibility index (Phi) is 6.18. The third-order valence-electron chi connectivity index (χ3n) is 4.62. The van der Waals surface area contributed by atoms with Gasteiger partial charge >= 0.3 is 6.18 Å². The number of thioether (sulfide) groups is 1. The van der Waals surface area contributed by atoms with Crippen LogP contribution >= 0.6 is 11.8 Å². The van der Waals surface area contributed by atoms with Crippen LogP contribution in [0.2, 0.25) is 0 Å². The van der Waals surface area contributed by atoms with Crippen molar-refractivity contribution in [3.63, 3.8) is 0 Å². The van der Waals surface area contributed by atoms with E-state index in [1.807, 2.05) is 0 Å². The van der Waals surface area contributed by atoms with Gasteiger partial charge in [-0.3, -0.25) is 10.1 Å². The van der Waals surface area contributed by atoms with Gasteiger partial charge in [0.2, 0.25) is 11.8 Å². The van der Waals surface area contributed by atoms with Gasteiger partial charge < -0.3 is 8.98 Å². The summed E-state index contributed by atoms with van der Waals surface area (Å²) >= 11 is 1.06. The Labute approximate surface area is 189 Å². The van der Waals surface area contributed by atoms with Gasteiger partial charge in [-0.15, -0.1) is 10.2 Å². The Bertz CT molecular complexity index is 1260. The molecule has 0 bridgehead atoms. The van der Waals surface area contributed by atoms with Crippen molar-refractivity contribution in [1.29, 1.82) is 0 Å². The first-order valence-corrected chi connectivity index (χ1v) is 10.5. The summed E-state index contributed by atoms with van der Waals surface area (Å²) in [5.74, 6) is 0.340. The Balaban J connectivity index is 1.58. The van der Waals surface area contributed by atoms with E-state index in [0.29, 0.717) is 16.8 Å². The molecular weight excluding hydrogens is 459 g/mol. The molecule has 170 valence electrons. The second-order valence-corrected chi connectivity index (χ2v) is 8.31. The summed E-state index contributed by atoms with van der Waals surface area (Å²) < 4.78 is 46.6. The molecule has 4 aromatic rings. The number of alkyl halides is 3. The quantitative estimate of drug-likeness (QED) is 0.186. The first-order chi connectivity index (χ1) is 15.7. The number of rotatable bonds is 7. The van der Waals surface area contributed by atoms with E-state index in [0.717, 1.165) is 16.3 Å². The maximum absolute atomic E-state index is 13.3. The Morgan fingerprint density at radius 1 is 1.09 bits per heavy atom. The average Bonchev–Trinajstić information content (AvgIpc) is 3.41. The predicted octanol–water partition coefficient (Wildman–Crippen LogP) is 5.92. The molecule has 4 rings (SSSR count). The van der Waals surface area contributed by atoms with Crippen molar-refractivity contribution in [2.24, 2.45) is 0 Å². The fraction of sp³-hybridized carbons (Fsp3) is 0.190. The van der Waals surface area contributed by atoms with Gasteiger partial charge in [0.15, 0.2) is 5.16 Å². The summed E-state index contributed by atoms with van der Waals surface area (Å²) in [6, 6.07) is 14.3. The zero-order valence-corrected chi connectivity index (χ0v) is 17.9. The van der Waals surface area contributed by atoms with Gasteiger partial charge in [0.1, 0.15) is 6.54 Å². The number of halogens is 3. The highest BCUT2D eigenvalue weighted by atomic mass is 32.2. The Morgan fingerprint density at radius 3 is 2.42 bits per heavy atom. The standard InChI is InChI=1S/C21H16F3N5O3S/c1-13(18-26-27-19(32-18)15-7-9-16(10-8-15)29(30)31)33-20-25-11-17(14-5-3-2-4-6-14)28(20)12-21(22,23)24/h2-11,13H,12H2,1H3. The number of nitro benzene ring substituents is 1. The molecular formula is C21H16F3N5O3S. The average molecular weight is 475 g/mol. The lowest BCUT2D eigenvalue weighted by Gasteiger charge is -2.15. The van der Waals surface area contributed by atoms with E-state index >= 15 is 0 Å². The molecule has 0 N–H and O–H groups in total. The largest absolute Gasteiger partial charge is 0.419 e. The van der Waals surface area contributed by atoms with Crippen LogP contribution in [-0.4, -0.2) is 30.8 Å². The highest BCUT2D eigenvalue weighted by molar-refractivity contribution is 7.99. The lowest BCUT2D eigenvalue weighted by molar-refractivity contribution is -0.384. The lowest BCUT2D eigenvalue weighted by atomic mass is 10.2. The maximum Gasteiger partial charge on any atom is 0.406 e. The number of benzene rings is 2. The number of hydrogen-bond donors (Lipinski definition) is 0. The van der Waals surface area contributed by atoms with Crippen molar-refractivity contribution in [2.75, 3.05) is 0 Å². The number of hydrogen-bond acceptors (Lipinski definition) is 7. The molecule has 0 amide bonds. The van der Waals surface area contributed by atoms with Crippen LogP contribution in [0.15, 0.2) is 70.4 Å². The first kappa shape index (κ1) is 22.5. The molecule has 0 saturated carbocycles. The zero-order valence-electron chi connectivity index (χ0n) is 17.1. The van der Waals surface area contributed by atoms with Gasteiger partial charge in [0.05, 0.1) is 22.1 Å². The fourth-order valence-electron chi connectivity index (χ4n) is 3.07. The van der Waals surface area contributed by atoms with Crippen molar-refractivity contribution < 1.29 is 22.5 Å². The molecule has 8 nitrogen and oxygen atoms in total. The summed E-state index contributed by atoms with van der Waals surface area (Å²) in [6.07, 6.45) is -3.03. The zero-order chi connectivity index (χ0) is 23.6. The molecule has 0 aliphatic rings. The van der Waals surface area contributed by atoms with E-state index in [4.69, 9.17) is 4.42 Å². The summed E-state index contributed by atoms with van der Waals surface area (Å²) in [6.45, 7) is 0.525.